The Bertz CT molecular complexity index is 254. The number of rotatable bonds is 6. The van der Waals surface area contributed by atoms with Gasteiger partial charge in [0.2, 0.25) is 5.91 Å². The third kappa shape index (κ3) is 5.04. The molecule has 2 aliphatic rings. The maximum Gasteiger partial charge on any atom is 0.221 e. The highest BCUT2D eigenvalue weighted by atomic mass is 16.3. The lowest BCUT2D eigenvalue weighted by Crippen LogP contribution is -2.33. The minimum atomic E-state index is -0.103. The smallest absolute Gasteiger partial charge is 0.221 e. The molecule has 0 saturated heterocycles. The molecule has 4 nitrogen and oxygen atoms in total. The number of aliphatic hydroxyl groups excluding tert-OH is 1. The SMILES string of the molecule is O=C(CCNCC1CCCC(O)C1)NC1CC1. The van der Waals surface area contributed by atoms with Crippen molar-refractivity contribution in [3.63, 3.8) is 0 Å². The molecule has 2 rings (SSSR count). The fraction of sp³-hybridized carbons (Fsp3) is 0.923. The van der Waals surface area contributed by atoms with Crippen molar-refractivity contribution in [3.05, 3.63) is 0 Å². The Morgan fingerprint density at radius 1 is 1.24 bits per heavy atom. The summed E-state index contributed by atoms with van der Waals surface area (Å²) in [6, 6.07) is 0.469. The van der Waals surface area contributed by atoms with E-state index in [4.69, 9.17) is 0 Å². The summed E-state index contributed by atoms with van der Waals surface area (Å²) in [4.78, 5) is 11.4. The maximum atomic E-state index is 11.4. The monoisotopic (exact) mass is 240 g/mol. The second kappa shape index (κ2) is 6.36. The summed E-state index contributed by atoms with van der Waals surface area (Å²) < 4.78 is 0. The second-order valence-electron chi connectivity index (χ2n) is 5.48. The van der Waals surface area contributed by atoms with Crippen LogP contribution in [0.3, 0.4) is 0 Å². The molecule has 2 unspecified atom stereocenters. The summed E-state index contributed by atoms with van der Waals surface area (Å²) in [5.74, 6) is 0.758. The molecule has 3 N–H and O–H groups in total. The van der Waals surface area contributed by atoms with Crippen LogP contribution < -0.4 is 10.6 Å². The first-order valence-electron chi connectivity index (χ1n) is 6.92. The highest BCUT2D eigenvalue weighted by molar-refractivity contribution is 5.76. The molecule has 2 atom stereocenters. The predicted molar refractivity (Wildman–Crippen MR) is 66.6 cm³/mol. The Kier molecular flexibility index (Phi) is 4.80. The molecule has 4 heteroatoms. The van der Waals surface area contributed by atoms with E-state index in [1.54, 1.807) is 0 Å². The van der Waals surface area contributed by atoms with E-state index in [2.05, 4.69) is 10.6 Å². The van der Waals surface area contributed by atoms with Crippen LogP contribution in [0.25, 0.3) is 0 Å². The van der Waals surface area contributed by atoms with Gasteiger partial charge in [0.25, 0.3) is 0 Å². The number of carbonyl (C=O) groups excluding carboxylic acids is 1. The predicted octanol–water partition coefficient (Wildman–Crippen LogP) is 0.796. The third-order valence-corrected chi connectivity index (χ3v) is 3.66. The van der Waals surface area contributed by atoms with Crippen LogP contribution in [0.5, 0.6) is 0 Å². The molecule has 2 fully saturated rings. The van der Waals surface area contributed by atoms with E-state index in [1.807, 2.05) is 0 Å². The van der Waals surface area contributed by atoms with Crippen molar-refractivity contribution in [2.45, 2.75) is 57.1 Å². The largest absolute Gasteiger partial charge is 0.393 e. The Balaban J connectivity index is 1.48. The standard InChI is InChI=1S/C13H24N2O2/c16-12-3-1-2-10(8-12)9-14-7-6-13(17)15-11-4-5-11/h10-12,14,16H,1-9H2,(H,15,17). The summed E-state index contributed by atoms with van der Waals surface area (Å²) in [6.45, 7) is 1.69. The van der Waals surface area contributed by atoms with Crippen molar-refractivity contribution in [1.29, 1.82) is 0 Å². The number of nitrogens with one attached hydrogen (secondary N) is 2. The van der Waals surface area contributed by atoms with Crippen molar-refractivity contribution < 1.29 is 9.90 Å². The average Bonchev–Trinajstić information content (AvgIpc) is 3.08. The summed E-state index contributed by atoms with van der Waals surface area (Å²) in [7, 11) is 0. The molecule has 0 aromatic rings. The minimum absolute atomic E-state index is 0.103. The van der Waals surface area contributed by atoms with E-state index in [9.17, 15) is 9.90 Å². The van der Waals surface area contributed by atoms with Gasteiger partial charge >= 0.3 is 0 Å². The van der Waals surface area contributed by atoms with Crippen LogP contribution in [0, 0.1) is 5.92 Å². The third-order valence-electron chi connectivity index (χ3n) is 3.66. The molecule has 98 valence electrons. The van der Waals surface area contributed by atoms with Gasteiger partial charge in [-0.05, 0) is 44.6 Å². The lowest BCUT2D eigenvalue weighted by atomic mass is 9.87. The van der Waals surface area contributed by atoms with Gasteiger partial charge in [-0.25, -0.2) is 0 Å². The van der Waals surface area contributed by atoms with Crippen molar-refractivity contribution in [1.82, 2.24) is 10.6 Å². The van der Waals surface area contributed by atoms with Gasteiger partial charge < -0.3 is 15.7 Å². The van der Waals surface area contributed by atoms with Crippen LogP contribution in [0.2, 0.25) is 0 Å². The minimum Gasteiger partial charge on any atom is -0.393 e. The molecule has 0 aromatic carbocycles. The van der Waals surface area contributed by atoms with Crippen LogP contribution in [-0.4, -0.2) is 36.2 Å². The normalized spacial score (nSPS) is 29.0. The zero-order valence-electron chi connectivity index (χ0n) is 10.5. The first kappa shape index (κ1) is 12.8. The van der Waals surface area contributed by atoms with Gasteiger partial charge in [0.1, 0.15) is 0 Å². The van der Waals surface area contributed by atoms with E-state index in [1.165, 1.54) is 6.42 Å². The van der Waals surface area contributed by atoms with Crippen LogP contribution in [-0.2, 0) is 4.79 Å². The van der Waals surface area contributed by atoms with Gasteiger partial charge in [-0.1, -0.05) is 6.42 Å². The first-order valence-corrected chi connectivity index (χ1v) is 6.92. The van der Waals surface area contributed by atoms with Gasteiger partial charge in [0, 0.05) is 19.0 Å². The molecule has 0 radical (unpaired) electrons. The van der Waals surface area contributed by atoms with Crippen molar-refractivity contribution in [2.24, 2.45) is 5.92 Å². The van der Waals surface area contributed by atoms with Crippen molar-refractivity contribution >= 4 is 5.91 Å². The lowest BCUT2D eigenvalue weighted by Gasteiger charge is -2.25. The number of amides is 1. The highest BCUT2D eigenvalue weighted by Gasteiger charge is 2.23. The Morgan fingerprint density at radius 3 is 2.76 bits per heavy atom. The molecule has 0 bridgehead atoms. The van der Waals surface area contributed by atoms with E-state index >= 15 is 0 Å². The van der Waals surface area contributed by atoms with E-state index in [0.717, 1.165) is 45.2 Å². The van der Waals surface area contributed by atoms with Gasteiger partial charge in [-0.2, -0.15) is 0 Å². The van der Waals surface area contributed by atoms with Crippen LogP contribution >= 0.6 is 0 Å². The molecule has 0 spiro atoms. The second-order valence-corrected chi connectivity index (χ2v) is 5.48. The van der Waals surface area contributed by atoms with Gasteiger partial charge in [0.05, 0.1) is 6.10 Å². The maximum absolute atomic E-state index is 11.4. The van der Waals surface area contributed by atoms with E-state index in [0.29, 0.717) is 18.4 Å². The fourth-order valence-electron chi connectivity index (χ4n) is 2.48. The number of carbonyl (C=O) groups is 1. The number of aliphatic hydroxyl groups is 1. The zero-order chi connectivity index (χ0) is 12.1. The molecule has 17 heavy (non-hydrogen) atoms. The number of hydrogen-bond donors (Lipinski definition) is 3. The molecule has 0 aromatic heterocycles. The molecular formula is C13H24N2O2. The molecule has 2 aliphatic carbocycles. The molecule has 0 heterocycles. The van der Waals surface area contributed by atoms with Crippen LogP contribution in [0.15, 0.2) is 0 Å². The topological polar surface area (TPSA) is 61.4 Å². The van der Waals surface area contributed by atoms with Crippen molar-refractivity contribution in [3.8, 4) is 0 Å². The Hall–Kier alpha value is -0.610. The quantitative estimate of drug-likeness (QED) is 0.602. The first-order chi connectivity index (χ1) is 8.24. The van der Waals surface area contributed by atoms with Crippen LogP contribution in [0.1, 0.15) is 44.9 Å². The summed E-state index contributed by atoms with van der Waals surface area (Å²) in [5, 5.41) is 15.8. The summed E-state index contributed by atoms with van der Waals surface area (Å²) in [6.07, 6.45) is 6.99. The summed E-state index contributed by atoms with van der Waals surface area (Å²) in [5.41, 5.74) is 0. The fourth-order valence-corrected chi connectivity index (χ4v) is 2.48. The van der Waals surface area contributed by atoms with Gasteiger partial charge in [0.15, 0.2) is 0 Å². The molecular weight excluding hydrogens is 216 g/mol. The highest BCUT2D eigenvalue weighted by Crippen LogP contribution is 2.23. The zero-order valence-corrected chi connectivity index (χ0v) is 10.5. The van der Waals surface area contributed by atoms with Crippen molar-refractivity contribution in [2.75, 3.05) is 13.1 Å². The Morgan fingerprint density at radius 2 is 2.06 bits per heavy atom. The Labute approximate surface area is 103 Å². The average molecular weight is 240 g/mol. The van der Waals surface area contributed by atoms with E-state index < -0.39 is 0 Å². The van der Waals surface area contributed by atoms with Gasteiger partial charge in [-0.3, -0.25) is 4.79 Å². The number of hydrogen-bond acceptors (Lipinski definition) is 3. The molecule has 1 amide bonds. The summed E-state index contributed by atoms with van der Waals surface area (Å²) >= 11 is 0. The molecule has 0 aliphatic heterocycles. The molecule has 2 saturated carbocycles. The van der Waals surface area contributed by atoms with Crippen LogP contribution in [0.4, 0.5) is 0 Å². The van der Waals surface area contributed by atoms with Gasteiger partial charge in [-0.15, -0.1) is 0 Å². The lowest BCUT2D eigenvalue weighted by molar-refractivity contribution is -0.121. The van der Waals surface area contributed by atoms with E-state index in [-0.39, 0.29) is 12.0 Å².